The van der Waals surface area contributed by atoms with Crippen molar-refractivity contribution < 1.29 is 4.79 Å². The monoisotopic (exact) mass is 309 g/mol. The van der Waals surface area contributed by atoms with Crippen molar-refractivity contribution in [3.05, 3.63) is 51.3 Å². The Kier molecular flexibility index (Phi) is 4.46. The van der Waals surface area contributed by atoms with Gasteiger partial charge in [-0.05, 0) is 19.1 Å². The van der Waals surface area contributed by atoms with Crippen LogP contribution in [-0.2, 0) is 0 Å². The van der Waals surface area contributed by atoms with E-state index in [-0.39, 0.29) is 17.2 Å². The number of nitrogen functional groups attached to an aromatic ring is 1. The van der Waals surface area contributed by atoms with Gasteiger partial charge in [0.15, 0.2) is 10.9 Å². The predicted octanol–water partition coefficient (Wildman–Crippen LogP) is 2.37. The van der Waals surface area contributed by atoms with Crippen LogP contribution in [0, 0.1) is 0 Å². The van der Waals surface area contributed by atoms with E-state index in [1.165, 1.54) is 6.07 Å². The summed E-state index contributed by atoms with van der Waals surface area (Å²) in [6.07, 6.45) is 0. The van der Waals surface area contributed by atoms with Crippen LogP contribution in [0.3, 0.4) is 0 Å². The van der Waals surface area contributed by atoms with Crippen molar-refractivity contribution in [1.29, 1.82) is 0 Å². The van der Waals surface area contributed by atoms with Gasteiger partial charge in [0.25, 0.3) is 5.56 Å². The topological polar surface area (TPSA) is 88.8 Å². The highest BCUT2D eigenvalue weighted by Crippen LogP contribution is 2.23. The van der Waals surface area contributed by atoms with Crippen LogP contribution in [0.25, 0.3) is 0 Å². The molecule has 104 valence electrons. The number of halogens is 1. The van der Waals surface area contributed by atoms with Crippen molar-refractivity contribution >= 4 is 35.0 Å². The van der Waals surface area contributed by atoms with Crippen molar-refractivity contribution in [2.24, 2.45) is 0 Å². The molecule has 0 fully saturated rings. The quantitative estimate of drug-likeness (QED) is 0.514. The number of aromatic nitrogens is 2. The van der Waals surface area contributed by atoms with Crippen LogP contribution in [0.4, 0.5) is 5.82 Å². The number of benzene rings is 1. The molecule has 3 N–H and O–H groups in total. The van der Waals surface area contributed by atoms with Gasteiger partial charge >= 0.3 is 0 Å². The number of hydrogen-bond acceptors (Lipinski definition) is 5. The first-order valence-corrected chi connectivity index (χ1v) is 7.05. The smallest absolute Gasteiger partial charge is 0.253 e. The minimum atomic E-state index is -0.418. The molecule has 0 bridgehead atoms. The first kappa shape index (κ1) is 14.6. The second-order valence-corrected chi connectivity index (χ2v) is 5.88. The number of rotatable bonds is 4. The number of anilines is 1. The van der Waals surface area contributed by atoms with E-state index < -0.39 is 5.25 Å². The minimum absolute atomic E-state index is 0.0948. The van der Waals surface area contributed by atoms with E-state index in [0.29, 0.717) is 15.7 Å². The zero-order valence-electron chi connectivity index (χ0n) is 10.6. The number of carbonyl (C=O) groups excluding carboxylic acids is 1. The van der Waals surface area contributed by atoms with E-state index in [1.807, 2.05) is 0 Å². The largest absolute Gasteiger partial charge is 0.383 e. The zero-order valence-corrected chi connectivity index (χ0v) is 12.2. The maximum Gasteiger partial charge on any atom is 0.253 e. The van der Waals surface area contributed by atoms with Gasteiger partial charge in [0.05, 0.1) is 5.25 Å². The van der Waals surface area contributed by atoms with E-state index in [0.717, 1.165) is 11.8 Å². The first-order valence-electron chi connectivity index (χ1n) is 5.79. The Labute approximate surface area is 124 Å². The Hall–Kier alpha value is -1.79. The van der Waals surface area contributed by atoms with Crippen molar-refractivity contribution in [3.8, 4) is 0 Å². The SMILES string of the molecule is CC(Sc1nc(N)cc(=O)[nH]1)C(=O)c1cccc(Cl)c1. The molecule has 0 saturated carbocycles. The first-order chi connectivity index (χ1) is 9.45. The van der Waals surface area contributed by atoms with Gasteiger partial charge in [0, 0.05) is 16.7 Å². The fraction of sp³-hybridized carbons (Fsp3) is 0.154. The third-order valence-electron chi connectivity index (χ3n) is 2.51. The lowest BCUT2D eigenvalue weighted by molar-refractivity contribution is 0.0994. The molecule has 2 aromatic rings. The summed E-state index contributed by atoms with van der Waals surface area (Å²) >= 11 is 7.00. The number of thioether (sulfide) groups is 1. The van der Waals surface area contributed by atoms with Gasteiger partial charge in [-0.15, -0.1) is 0 Å². The van der Waals surface area contributed by atoms with Gasteiger partial charge in [-0.3, -0.25) is 9.59 Å². The molecule has 0 amide bonds. The highest BCUT2D eigenvalue weighted by atomic mass is 35.5. The number of nitrogens with two attached hydrogens (primary N) is 1. The highest BCUT2D eigenvalue weighted by molar-refractivity contribution is 8.00. The number of nitrogens with zero attached hydrogens (tertiary/aromatic N) is 1. The normalized spacial score (nSPS) is 12.1. The molecule has 1 heterocycles. The number of Topliss-reactive ketones (excluding diaryl/α,β-unsaturated/α-hetero) is 1. The number of carbonyl (C=O) groups is 1. The lowest BCUT2D eigenvalue weighted by atomic mass is 10.1. The number of aromatic amines is 1. The molecule has 1 atom stereocenters. The highest BCUT2D eigenvalue weighted by Gasteiger charge is 2.18. The third kappa shape index (κ3) is 3.61. The summed E-state index contributed by atoms with van der Waals surface area (Å²) in [4.78, 5) is 30.0. The van der Waals surface area contributed by atoms with Crippen LogP contribution in [-0.4, -0.2) is 21.0 Å². The summed E-state index contributed by atoms with van der Waals surface area (Å²) < 4.78 is 0. The van der Waals surface area contributed by atoms with Gasteiger partial charge in [-0.2, -0.15) is 0 Å². The maximum absolute atomic E-state index is 12.2. The zero-order chi connectivity index (χ0) is 14.7. The molecule has 7 heteroatoms. The van der Waals surface area contributed by atoms with E-state index in [1.54, 1.807) is 31.2 Å². The number of hydrogen-bond donors (Lipinski definition) is 2. The van der Waals surface area contributed by atoms with Gasteiger partial charge < -0.3 is 10.7 Å². The predicted molar refractivity (Wildman–Crippen MR) is 80.4 cm³/mol. The Balaban J connectivity index is 2.17. The Bertz CT molecular complexity index is 702. The number of H-pyrrole nitrogens is 1. The average Bonchev–Trinajstić information content (AvgIpc) is 2.36. The molecule has 20 heavy (non-hydrogen) atoms. The Morgan fingerprint density at radius 3 is 2.85 bits per heavy atom. The summed E-state index contributed by atoms with van der Waals surface area (Å²) in [5, 5.41) is 0.403. The lowest BCUT2D eigenvalue weighted by Gasteiger charge is -2.09. The molecule has 0 aliphatic rings. The van der Waals surface area contributed by atoms with Crippen LogP contribution in [0.15, 0.2) is 40.3 Å². The van der Waals surface area contributed by atoms with Crippen molar-refractivity contribution in [1.82, 2.24) is 9.97 Å². The molecule has 0 radical (unpaired) electrons. The van der Waals surface area contributed by atoms with Crippen LogP contribution in [0.1, 0.15) is 17.3 Å². The van der Waals surface area contributed by atoms with Crippen LogP contribution >= 0.6 is 23.4 Å². The minimum Gasteiger partial charge on any atom is -0.383 e. The van der Waals surface area contributed by atoms with E-state index in [2.05, 4.69) is 9.97 Å². The molecule has 1 aromatic carbocycles. The van der Waals surface area contributed by atoms with E-state index in [9.17, 15) is 9.59 Å². The summed E-state index contributed by atoms with van der Waals surface area (Å²) in [6, 6.07) is 7.91. The van der Waals surface area contributed by atoms with Gasteiger partial charge in [0.1, 0.15) is 5.82 Å². The van der Waals surface area contributed by atoms with Crippen molar-refractivity contribution in [2.75, 3.05) is 5.73 Å². The summed E-state index contributed by atoms with van der Waals surface area (Å²) in [6.45, 7) is 1.73. The molecule has 0 aliphatic carbocycles. The van der Waals surface area contributed by atoms with Crippen molar-refractivity contribution in [3.63, 3.8) is 0 Å². The number of nitrogens with one attached hydrogen (secondary N) is 1. The summed E-state index contributed by atoms with van der Waals surface area (Å²) in [5.74, 6) is 0.0289. The Morgan fingerprint density at radius 2 is 2.20 bits per heavy atom. The summed E-state index contributed by atoms with van der Waals surface area (Å²) in [5.41, 5.74) is 5.67. The molecule has 0 aliphatic heterocycles. The van der Waals surface area contributed by atoms with Crippen molar-refractivity contribution in [2.45, 2.75) is 17.3 Å². The molecule has 1 unspecified atom stereocenters. The standard InChI is InChI=1S/C13H12ClN3O2S/c1-7(12(19)8-3-2-4-9(14)5-8)20-13-16-10(15)6-11(18)17-13/h2-7H,1H3,(H3,15,16,17,18). The molecule has 1 aromatic heterocycles. The Morgan fingerprint density at radius 1 is 1.45 bits per heavy atom. The lowest BCUT2D eigenvalue weighted by Crippen LogP contribution is -2.16. The average molecular weight is 310 g/mol. The molecular weight excluding hydrogens is 298 g/mol. The van der Waals surface area contributed by atoms with Crippen LogP contribution < -0.4 is 11.3 Å². The van der Waals surface area contributed by atoms with Gasteiger partial charge in [-0.1, -0.05) is 35.5 Å². The molecule has 0 saturated heterocycles. The van der Waals surface area contributed by atoms with Gasteiger partial charge in [-0.25, -0.2) is 4.98 Å². The fourth-order valence-electron chi connectivity index (χ4n) is 1.61. The van der Waals surface area contributed by atoms with Gasteiger partial charge in [0.2, 0.25) is 0 Å². The second kappa shape index (κ2) is 6.11. The molecule has 5 nitrogen and oxygen atoms in total. The molecular formula is C13H12ClN3O2S. The summed E-state index contributed by atoms with van der Waals surface area (Å²) in [7, 11) is 0. The molecule has 0 spiro atoms. The second-order valence-electron chi connectivity index (χ2n) is 4.11. The molecule has 2 rings (SSSR count). The third-order valence-corrected chi connectivity index (χ3v) is 3.73. The van der Waals surface area contributed by atoms with Crippen LogP contribution in [0.5, 0.6) is 0 Å². The van der Waals surface area contributed by atoms with E-state index >= 15 is 0 Å². The van der Waals surface area contributed by atoms with Crippen LogP contribution in [0.2, 0.25) is 5.02 Å². The fourth-order valence-corrected chi connectivity index (χ4v) is 2.69. The van der Waals surface area contributed by atoms with E-state index in [4.69, 9.17) is 17.3 Å². The number of ketones is 1. The maximum atomic E-state index is 12.2.